The molecule has 0 aliphatic carbocycles. The molecule has 18 heavy (non-hydrogen) atoms. The van der Waals surface area contributed by atoms with Crippen LogP contribution in [0.3, 0.4) is 0 Å². The van der Waals surface area contributed by atoms with Crippen LogP contribution >= 0.6 is 12.2 Å². The van der Waals surface area contributed by atoms with E-state index in [1.807, 2.05) is 26.0 Å². The lowest BCUT2D eigenvalue weighted by Gasteiger charge is -2.16. The molecule has 1 amide bonds. The van der Waals surface area contributed by atoms with E-state index in [1.54, 1.807) is 18.0 Å². The molecule has 1 aromatic carbocycles. The van der Waals surface area contributed by atoms with Gasteiger partial charge in [0, 0.05) is 19.2 Å². The molecule has 0 saturated carbocycles. The van der Waals surface area contributed by atoms with Crippen LogP contribution in [0.4, 0.5) is 0 Å². The van der Waals surface area contributed by atoms with Gasteiger partial charge in [-0.25, -0.2) is 0 Å². The summed E-state index contributed by atoms with van der Waals surface area (Å²) in [5, 5.41) is 0. The number of thiocarbonyl (C=S) groups is 1. The second-order valence-corrected chi connectivity index (χ2v) is 4.48. The summed E-state index contributed by atoms with van der Waals surface area (Å²) in [6, 6.07) is 5.47. The summed E-state index contributed by atoms with van der Waals surface area (Å²) in [5.74, 6) is 0.579. The second-order valence-electron chi connectivity index (χ2n) is 4.04. The molecule has 0 saturated heterocycles. The molecule has 0 atom stereocenters. The molecule has 98 valence electrons. The molecule has 0 aromatic heterocycles. The normalized spacial score (nSPS) is 9.94. The largest absolute Gasteiger partial charge is 0.483 e. The van der Waals surface area contributed by atoms with Gasteiger partial charge in [-0.1, -0.05) is 24.4 Å². The zero-order valence-corrected chi connectivity index (χ0v) is 11.7. The Morgan fingerprint density at radius 2 is 2.17 bits per heavy atom. The average Bonchev–Trinajstić information content (AvgIpc) is 2.36. The Bertz CT molecular complexity index is 460. The third-order valence-electron chi connectivity index (χ3n) is 2.72. The van der Waals surface area contributed by atoms with Gasteiger partial charge in [-0.15, -0.1) is 0 Å². The van der Waals surface area contributed by atoms with Crippen LogP contribution in [0, 0.1) is 6.92 Å². The number of aryl methyl sites for hydroxylation is 1. The number of hydrogen-bond donors (Lipinski definition) is 1. The number of nitrogens with zero attached hydrogens (tertiary/aromatic N) is 1. The maximum Gasteiger partial charge on any atom is 0.260 e. The van der Waals surface area contributed by atoms with Gasteiger partial charge < -0.3 is 15.4 Å². The number of carbonyl (C=O) groups is 1. The lowest BCUT2D eigenvalue weighted by molar-refractivity contribution is -0.131. The topological polar surface area (TPSA) is 55.6 Å². The molecule has 4 nitrogen and oxygen atoms in total. The van der Waals surface area contributed by atoms with Gasteiger partial charge in [-0.05, 0) is 25.5 Å². The van der Waals surface area contributed by atoms with E-state index in [1.165, 1.54) is 0 Å². The molecule has 0 radical (unpaired) electrons. The van der Waals surface area contributed by atoms with Crippen molar-refractivity contribution in [1.29, 1.82) is 0 Å². The first-order valence-electron chi connectivity index (χ1n) is 5.73. The Morgan fingerprint density at radius 3 is 2.72 bits per heavy atom. The number of carbonyl (C=O) groups excluding carboxylic acids is 1. The highest BCUT2D eigenvalue weighted by atomic mass is 32.1. The molecule has 1 aromatic rings. The molecule has 0 aliphatic rings. The Kier molecular flexibility index (Phi) is 5.09. The Balaban J connectivity index is 2.75. The van der Waals surface area contributed by atoms with E-state index in [0.29, 0.717) is 17.3 Å². The first kappa shape index (κ1) is 14.4. The second kappa shape index (κ2) is 6.35. The summed E-state index contributed by atoms with van der Waals surface area (Å²) < 4.78 is 5.51. The van der Waals surface area contributed by atoms with E-state index in [9.17, 15) is 4.79 Å². The minimum absolute atomic E-state index is 0.0198. The summed E-state index contributed by atoms with van der Waals surface area (Å²) in [6.45, 7) is 4.50. The molecular formula is C13H18N2O2S. The van der Waals surface area contributed by atoms with Gasteiger partial charge >= 0.3 is 0 Å². The number of rotatable bonds is 5. The summed E-state index contributed by atoms with van der Waals surface area (Å²) in [7, 11) is 1.74. The standard InChI is InChI=1S/C13H18N2O2S/c1-4-15(3)12(16)8-17-11-7-10(13(14)18)6-5-9(11)2/h5-7H,4,8H2,1-3H3,(H2,14,18). The highest BCUT2D eigenvalue weighted by molar-refractivity contribution is 7.80. The Morgan fingerprint density at radius 1 is 1.50 bits per heavy atom. The molecule has 0 bridgehead atoms. The highest BCUT2D eigenvalue weighted by Crippen LogP contribution is 2.19. The van der Waals surface area contributed by atoms with Crippen molar-refractivity contribution in [2.75, 3.05) is 20.2 Å². The first-order chi connectivity index (χ1) is 8.45. The van der Waals surface area contributed by atoms with Crippen molar-refractivity contribution >= 4 is 23.1 Å². The number of ether oxygens (including phenoxy) is 1. The van der Waals surface area contributed by atoms with Crippen LogP contribution < -0.4 is 10.5 Å². The molecule has 2 N–H and O–H groups in total. The quantitative estimate of drug-likeness (QED) is 0.820. The predicted molar refractivity (Wildman–Crippen MR) is 75.9 cm³/mol. The van der Waals surface area contributed by atoms with Crippen molar-refractivity contribution in [3.8, 4) is 5.75 Å². The molecule has 0 heterocycles. The monoisotopic (exact) mass is 266 g/mol. The van der Waals surface area contributed by atoms with Crippen molar-refractivity contribution in [2.45, 2.75) is 13.8 Å². The molecule has 0 unspecified atom stereocenters. The van der Waals surface area contributed by atoms with E-state index in [-0.39, 0.29) is 12.5 Å². The fourth-order valence-electron chi connectivity index (χ4n) is 1.33. The molecule has 0 aliphatic heterocycles. The SMILES string of the molecule is CCN(C)C(=O)COc1cc(C(N)=S)ccc1C. The maximum absolute atomic E-state index is 11.6. The lowest BCUT2D eigenvalue weighted by atomic mass is 10.1. The molecule has 5 heteroatoms. The summed E-state index contributed by atoms with van der Waals surface area (Å²) >= 11 is 4.91. The predicted octanol–water partition coefficient (Wildman–Crippen LogP) is 1.49. The van der Waals surface area contributed by atoms with Gasteiger partial charge in [0.2, 0.25) is 0 Å². The molecule has 0 fully saturated rings. The number of amides is 1. The number of benzene rings is 1. The lowest BCUT2D eigenvalue weighted by Crippen LogP contribution is -2.31. The molecule has 1 rings (SSSR count). The van der Waals surface area contributed by atoms with Gasteiger partial charge in [0.15, 0.2) is 6.61 Å². The van der Waals surface area contributed by atoms with E-state index < -0.39 is 0 Å². The minimum Gasteiger partial charge on any atom is -0.483 e. The fraction of sp³-hybridized carbons (Fsp3) is 0.385. The van der Waals surface area contributed by atoms with E-state index in [0.717, 1.165) is 11.1 Å². The van der Waals surface area contributed by atoms with Crippen LogP contribution in [0.25, 0.3) is 0 Å². The Labute approximate surface area is 113 Å². The van der Waals surface area contributed by atoms with Crippen LogP contribution in [-0.4, -0.2) is 36.0 Å². The van der Waals surface area contributed by atoms with Gasteiger partial charge in [0.1, 0.15) is 10.7 Å². The van der Waals surface area contributed by atoms with Crippen LogP contribution in [-0.2, 0) is 4.79 Å². The van der Waals surface area contributed by atoms with Crippen LogP contribution in [0.2, 0.25) is 0 Å². The molecular weight excluding hydrogens is 248 g/mol. The van der Waals surface area contributed by atoms with Crippen LogP contribution in [0.15, 0.2) is 18.2 Å². The van der Waals surface area contributed by atoms with Crippen LogP contribution in [0.1, 0.15) is 18.1 Å². The third-order valence-corrected chi connectivity index (χ3v) is 2.96. The van der Waals surface area contributed by atoms with E-state index in [2.05, 4.69) is 0 Å². The smallest absolute Gasteiger partial charge is 0.260 e. The molecule has 0 spiro atoms. The van der Waals surface area contributed by atoms with Gasteiger partial charge in [-0.2, -0.15) is 0 Å². The Hall–Kier alpha value is -1.62. The van der Waals surface area contributed by atoms with Gasteiger partial charge in [0.05, 0.1) is 0 Å². The van der Waals surface area contributed by atoms with Gasteiger partial charge in [-0.3, -0.25) is 4.79 Å². The zero-order valence-electron chi connectivity index (χ0n) is 10.9. The number of hydrogen-bond acceptors (Lipinski definition) is 3. The fourth-order valence-corrected chi connectivity index (χ4v) is 1.46. The van der Waals surface area contributed by atoms with Crippen molar-refractivity contribution in [1.82, 2.24) is 4.90 Å². The zero-order chi connectivity index (χ0) is 13.7. The number of likely N-dealkylation sites (N-methyl/N-ethyl adjacent to an activating group) is 1. The van der Waals surface area contributed by atoms with Gasteiger partial charge in [0.25, 0.3) is 5.91 Å². The first-order valence-corrected chi connectivity index (χ1v) is 6.13. The minimum atomic E-state index is -0.0578. The maximum atomic E-state index is 11.6. The van der Waals surface area contributed by atoms with Crippen LogP contribution in [0.5, 0.6) is 5.75 Å². The van der Waals surface area contributed by atoms with E-state index in [4.69, 9.17) is 22.7 Å². The van der Waals surface area contributed by atoms with E-state index >= 15 is 0 Å². The summed E-state index contributed by atoms with van der Waals surface area (Å²) in [6.07, 6.45) is 0. The average molecular weight is 266 g/mol. The van der Waals surface area contributed by atoms with Crippen molar-refractivity contribution in [3.05, 3.63) is 29.3 Å². The summed E-state index contributed by atoms with van der Waals surface area (Å²) in [4.78, 5) is 13.5. The number of nitrogens with two attached hydrogens (primary N) is 1. The van der Waals surface area contributed by atoms with Crippen molar-refractivity contribution in [2.24, 2.45) is 5.73 Å². The van der Waals surface area contributed by atoms with Crippen molar-refractivity contribution in [3.63, 3.8) is 0 Å². The third kappa shape index (κ3) is 3.70. The highest BCUT2D eigenvalue weighted by Gasteiger charge is 2.09. The van der Waals surface area contributed by atoms with Crippen molar-refractivity contribution < 1.29 is 9.53 Å². The summed E-state index contributed by atoms with van der Waals surface area (Å²) in [5.41, 5.74) is 7.24.